The molecule has 0 amide bonds. The molecule has 0 aliphatic rings. The van der Waals surface area contributed by atoms with Crippen molar-refractivity contribution in [1.82, 2.24) is 0 Å². The van der Waals surface area contributed by atoms with E-state index in [0.29, 0.717) is 0 Å². The number of hydrogen-bond acceptors (Lipinski definition) is 1. The van der Waals surface area contributed by atoms with Gasteiger partial charge in [0.2, 0.25) is 0 Å². The van der Waals surface area contributed by atoms with Gasteiger partial charge in [-0.3, -0.25) is 0 Å². The van der Waals surface area contributed by atoms with Gasteiger partial charge in [-0.2, -0.15) is 0 Å². The second kappa shape index (κ2) is 5.32. The van der Waals surface area contributed by atoms with Crippen molar-refractivity contribution in [2.75, 3.05) is 0 Å². The number of rotatable bonds is 4. The Kier molecular flexibility index (Phi) is 5.06. The molecule has 0 fully saturated rings. The first-order valence-electron chi connectivity index (χ1n) is 3.86. The van der Waals surface area contributed by atoms with Crippen LogP contribution >= 0.6 is 0 Å². The predicted octanol–water partition coefficient (Wildman–Crippen LogP) is 1.81. The molecule has 0 aromatic heterocycles. The summed E-state index contributed by atoms with van der Waals surface area (Å²) in [5, 5.41) is 9.12. The van der Waals surface area contributed by atoms with Crippen LogP contribution in [0.4, 0.5) is 0 Å². The average Bonchev–Trinajstić information content (AvgIpc) is 1.98. The molecule has 2 atom stereocenters. The second-order valence-corrected chi connectivity index (χ2v) is 2.73. The molecule has 0 aliphatic carbocycles. The Bertz CT molecular complexity index is 112. The normalized spacial score (nSPS) is 15.8. The molecule has 58 valence electrons. The molecular formula is C9H16O. The van der Waals surface area contributed by atoms with Crippen LogP contribution in [-0.4, -0.2) is 11.2 Å². The van der Waals surface area contributed by atoms with E-state index in [2.05, 4.69) is 12.8 Å². The predicted molar refractivity (Wildman–Crippen MR) is 43.5 cm³/mol. The van der Waals surface area contributed by atoms with E-state index < -0.39 is 6.10 Å². The van der Waals surface area contributed by atoms with E-state index in [1.165, 1.54) is 6.42 Å². The summed E-state index contributed by atoms with van der Waals surface area (Å²) in [6, 6.07) is 0. The molecule has 0 radical (unpaired) electrons. The maximum Gasteiger partial charge on any atom is 0.117 e. The lowest BCUT2D eigenvalue weighted by Gasteiger charge is -2.11. The fourth-order valence-electron chi connectivity index (χ4n) is 0.848. The summed E-state index contributed by atoms with van der Waals surface area (Å²) in [5.74, 6) is 2.58. The molecule has 0 spiro atoms. The van der Waals surface area contributed by atoms with E-state index in [9.17, 15) is 0 Å². The molecule has 0 rings (SSSR count). The second-order valence-electron chi connectivity index (χ2n) is 2.73. The number of hydrogen-bond donors (Lipinski definition) is 1. The molecule has 1 heteroatoms. The summed E-state index contributed by atoms with van der Waals surface area (Å²) in [6.07, 6.45) is 7.85. The van der Waals surface area contributed by atoms with Crippen LogP contribution in [0, 0.1) is 18.3 Å². The van der Waals surface area contributed by atoms with Crippen molar-refractivity contribution >= 4 is 0 Å². The third-order valence-electron chi connectivity index (χ3n) is 1.72. The lowest BCUT2D eigenvalue weighted by atomic mass is 9.99. The van der Waals surface area contributed by atoms with E-state index in [4.69, 9.17) is 11.5 Å². The minimum atomic E-state index is -0.549. The van der Waals surface area contributed by atoms with Crippen LogP contribution in [-0.2, 0) is 0 Å². The molecule has 1 nitrogen and oxygen atoms in total. The Labute approximate surface area is 63.5 Å². The highest BCUT2D eigenvalue weighted by atomic mass is 16.3. The van der Waals surface area contributed by atoms with Gasteiger partial charge in [0.25, 0.3) is 0 Å². The van der Waals surface area contributed by atoms with Crippen molar-refractivity contribution in [1.29, 1.82) is 0 Å². The highest BCUT2D eigenvalue weighted by Gasteiger charge is 2.09. The molecular weight excluding hydrogens is 124 g/mol. The van der Waals surface area contributed by atoms with Crippen LogP contribution in [0.5, 0.6) is 0 Å². The van der Waals surface area contributed by atoms with Gasteiger partial charge >= 0.3 is 0 Å². The Morgan fingerprint density at radius 3 is 2.60 bits per heavy atom. The van der Waals surface area contributed by atoms with Crippen LogP contribution in [0.2, 0.25) is 0 Å². The third-order valence-corrected chi connectivity index (χ3v) is 1.72. The van der Waals surface area contributed by atoms with Crippen molar-refractivity contribution in [3.05, 3.63) is 0 Å². The Morgan fingerprint density at radius 1 is 1.60 bits per heavy atom. The molecule has 0 heterocycles. The zero-order valence-electron chi connectivity index (χ0n) is 6.80. The Balaban J connectivity index is 3.43. The van der Waals surface area contributed by atoms with Crippen LogP contribution in [0.25, 0.3) is 0 Å². The van der Waals surface area contributed by atoms with Gasteiger partial charge in [-0.1, -0.05) is 32.6 Å². The topological polar surface area (TPSA) is 20.2 Å². The van der Waals surface area contributed by atoms with E-state index >= 15 is 0 Å². The summed E-state index contributed by atoms with van der Waals surface area (Å²) in [5.41, 5.74) is 0. The first kappa shape index (κ1) is 9.52. The smallest absolute Gasteiger partial charge is 0.117 e. The highest BCUT2D eigenvalue weighted by molar-refractivity contribution is 4.95. The average molecular weight is 140 g/mol. The van der Waals surface area contributed by atoms with Gasteiger partial charge in [0.15, 0.2) is 0 Å². The lowest BCUT2D eigenvalue weighted by Crippen LogP contribution is -2.14. The maximum absolute atomic E-state index is 9.12. The zero-order chi connectivity index (χ0) is 7.98. The van der Waals surface area contributed by atoms with Gasteiger partial charge in [-0.15, -0.1) is 6.42 Å². The van der Waals surface area contributed by atoms with Gasteiger partial charge < -0.3 is 5.11 Å². The summed E-state index contributed by atoms with van der Waals surface area (Å²) in [4.78, 5) is 0. The SMILES string of the molecule is C#CC(O)C(C)CCCC. The van der Waals surface area contributed by atoms with E-state index in [1.54, 1.807) is 0 Å². The number of terminal acetylenes is 1. The van der Waals surface area contributed by atoms with Crippen molar-refractivity contribution in [3.8, 4) is 12.3 Å². The number of aliphatic hydroxyl groups is 1. The molecule has 1 N–H and O–H groups in total. The first-order valence-corrected chi connectivity index (χ1v) is 3.86. The van der Waals surface area contributed by atoms with Crippen LogP contribution in [0.3, 0.4) is 0 Å². The summed E-state index contributed by atoms with van der Waals surface area (Å²) in [6.45, 7) is 4.12. The standard InChI is InChI=1S/C9H16O/c1-4-6-7-8(3)9(10)5-2/h2,8-10H,4,6-7H2,1,3H3. The van der Waals surface area contributed by atoms with Crippen LogP contribution in [0.15, 0.2) is 0 Å². The minimum absolute atomic E-state index is 0.255. The monoisotopic (exact) mass is 140 g/mol. The van der Waals surface area contributed by atoms with Crippen LogP contribution in [0.1, 0.15) is 33.1 Å². The van der Waals surface area contributed by atoms with E-state index in [0.717, 1.165) is 12.8 Å². The van der Waals surface area contributed by atoms with Crippen molar-refractivity contribution in [3.63, 3.8) is 0 Å². The van der Waals surface area contributed by atoms with E-state index in [1.807, 2.05) is 6.92 Å². The highest BCUT2D eigenvalue weighted by Crippen LogP contribution is 2.10. The molecule has 2 unspecified atom stereocenters. The molecule has 0 aromatic carbocycles. The largest absolute Gasteiger partial charge is 0.380 e. The summed E-state index contributed by atoms with van der Waals surface area (Å²) < 4.78 is 0. The summed E-state index contributed by atoms with van der Waals surface area (Å²) >= 11 is 0. The first-order chi connectivity index (χ1) is 4.72. The number of unbranched alkanes of at least 4 members (excludes halogenated alkanes) is 1. The van der Waals surface area contributed by atoms with Gasteiger partial charge in [0.05, 0.1) is 0 Å². The molecule has 0 saturated heterocycles. The minimum Gasteiger partial charge on any atom is -0.380 e. The zero-order valence-corrected chi connectivity index (χ0v) is 6.80. The lowest BCUT2D eigenvalue weighted by molar-refractivity contribution is 0.164. The van der Waals surface area contributed by atoms with Gasteiger partial charge in [0.1, 0.15) is 6.10 Å². The number of aliphatic hydroxyl groups excluding tert-OH is 1. The molecule has 0 aromatic rings. The van der Waals surface area contributed by atoms with Crippen molar-refractivity contribution in [2.45, 2.75) is 39.2 Å². The Hall–Kier alpha value is -0.480. The fourth-order valence-corrected chi connectivity index (χ4v) is 0.848. The van der Waals surface area contributed by atoms with Gasteiger partial charge in [-0.25, -0.2) is 0 Å². The third kappa shape index (κ3) is 3.53. The molecule has 10 heavy (non-hydrogen) atoms. The van der Waals surface area contributed by atoms with Crippen LogP contribution < -0.4 is 0 Å². The fraction of sp³-hybridized carbons (Fsp3) is 0.778. The maximum atomic E-state index is 9.12. The molecule has 0 bridgehead atoms. The quantitative estimate of drug-likeness (QED) is 0.590. The summed E-state index contributed by atoms with van der Waals surface area (Å²) in [7, 11) is 0. The van der Waals surface area contributed by atoms with Crippen molar-refractivity contribution in [2.24, 2.45) is 5.92 Å². The molecule has 0 saturated carbocycles. The Morgan fingerprint density at radius 2 is 2.20 bits per heavy atom. The van der Waals surface area contributed by atoms with Gasteiger partial charge in [-0.05, 0) is 12.3 Å². The molecule has 0 aliphatic heterocycles. The van der Waals surface area contributed by atoms with Crippen molar-refractivity contribution < 1.29 is 5.11 Å². The van der Waals surface area contributed by atoms with E-state index in [-0.39, 0.29) is 5.92 Å². The van der Waals surface area contributed by atoms with Gasteiger partial charge in [0, 0.05) is 0 Å².